The monoisotopic (exact) mass is 263 g/mol. The Morgan fingerprint density at radius 3 is 2.42 bits per heavy atom. The van der Waals surface area contributed by atoms with Gasteiger partial charge in [-0.2, -0.15) is 5.26 Å². The molecule has 0 amide bonds. The molecule has 2 aliphatic carbocycles. The highest BCUT2D eigenvalue weighted by Gasteiger charge is 2.52. The first kappa shape index (κ1) is 14.9. The van der Waals surface area contributed by atoms with Crippen LogP contribution in [0.2, 0.25) is 0 Å². The summed E-state index contributed by atoms with van der Waals surface area (Å²) in [5, 5.41) is 21.0. The molecule has 19 heavy (non-hydrogen) atoms. The molecule has 0 aromatic rings. The third-order valence-electron chi connectivity index (χ3n) is 5.76. The molecule has 0 saturated heterocycles. The summed E-state index contributed by atoms with van der Waals surface area (Å²) in [4.78, 5) is 0. The Labute approximate surface area is 118 Å². The van der Waals surface area contributed by atoms with Crippen LogP contribution in [0.1, 0.15) is 78.6 Å². The van der Waals surface area contributed by atoms with E-state index in [4.69, 9.17) is 0 Å². The predicted molar refractivity (Wildman–Crippen MR) is 77.5 cm³/mol. The Morgan fingerprint density at radius 2 is 1.79 bits per heavy atom. The van der Waals surface area contributed by atoms with Crippen molar-refractivity contribution >= 4 is 0 Å². The van der Waals surface area contributed by atoms with Crippen molar-refractivity contribution in [2.24, 2.45) is 16.7 Å². The summed E-state index contributed by atoms with van der Waals surface area (Å²) in [6, 6.07) is 2.56. The lowest BCUT2D eigenvalue weighted by Gasteiger charge is -2.46. The van der Waals surface area contributed by atoms with Gasteiger partial charge in [0.1, 0.15) is 0 Å². The molecule has 3 atom stereocenters. The van der Waals surface area contributed by atoms with E-state index in [1.807, 2.05) is 0 Å². The minimum atomic E-state index is -0.746. The van der Waals surface area contributed by atoms with E-state index in [1.165, 1.54) is 12.8 Å². The van der Waals surface area contributed by atoms with Gasteiger partial charge in [-0.05, 0) is 49.9 Å². The maximum atomic E-state index is 11.3. The number of aliphatic hydroxyl groups is 1. The molecule has 2 heteroatoms. The van der Waals surface area contributed by atoms with Gasteiger partial charge in [0.15, 0.2) is 0 Å². The van der Waals surface area contributed by atoms with Crippen LogP contribution in [0.5, 0.6) is 0 Å². The zero-order valence-corrected chi connectivity index (χ0v) is 12.8. The normalized spacial score (nSPS) is 43.2. The van der Waals surface area contributed by atoms with Gasteiger partial charge in [0, 0.05) is 0 Å². The van der Waals surface area contributed by atoms with Crippen LogP contribution in [-0.2, 0) is 0 Å². The lowest BCUT2D eigenvalue weighted by molar-refractivity contribution is -0.0920. The van der Waals surface area contributed by atoms with Crippen molar-refractivity contribution in [3.63, 3.8) is 0 Å². The first-order valence-electron chi connectivity index (χ1n) is 7.96. The second-order valence-corrected chi connectivity index (χ2v) is 7.94. The average Bonchev–Trinajstić information content (AvgIpc) is 2.49. The molecule has 0 spiro atoms. The molecule has 0 aliphatic heterocycles. The van der Waals surface area contributed by atoms with Gasteiger partial charge in [-0.1, -0.05) is 40.0 Å². The van der Waals surface area contributed by atoms with Gasteiger partial charge in [-0.3, -0.25) is 0 Å². The molecule has 0 aromatic heterocycles. The topological polar surface area (TPSA) is 44.0 Å². The number of hydrogen-bond acceptors (Lipinski definition) is 2. The van der Waals surface area contributed by atoms with Gasteiger partial charge in [-0.15, -0.1) is 0 Å². The van der Waals surface area contributed by atoms with Crippen LogP contribution in [0.4, 0.5) is 0 Å². The summed E-state index contributed by atoms with van der Waals surface area (Å²) in [6.07, 6.45) is 8.99. The van der Waals surface area contributed by atoms with Crippen molar-refractivity contribution < 1.29 is 5.11 Å². The fourth-order valence-corrected chi connectivity index (χ4v) is 4.31. The molecular weight excluding hydrogens is 234 g/mol. The van der Waals surface area contributed by atoms with Gasteiger partial charge >= 0.3 is 0 Å². The summed E-state index contributed by atoms with van der Waals surface area (Å²) >= 11 is 0. The Hall–Kier alpha value is -0.550. The molecular formula is C17H29NO. The molecule has 2 aliphatic rings. The maximum absolute atomic E-state index is 11.3. The zero-order valence-electron chi connectivity index (χ0n) is 12.8. The highest BCUT2D eigenvalue weighted by atomic mass is 16.3. The quantitative estimate of drug-likeness (QED) is 0.711. The molecule has 0 aromatic carbocycles. The molecule has 0 heterocycles. The van der Waals surface area contributed by atoms with Crippen LogP contribution in [0.25, 0.3) is 0 Å². The lowest BCUT2D eigenvalue weighted by Crippen LogP contribution is -2.49. The Bertz CT molecular complexity index is 370. The van der Waals surface area contributed by atoms with Crippen molar-refractivity contribution in [3.05, 3.63) is 0 Å². The van der Waals surface area contributed by atoms with Gasteiger partial charge < -0.3 is 5.11 Å². The molecule has 2 fully saturated rings. The van der Waals surface area contributed by atoms with E-state index in [-0.39, 0.29) is 0 Å². The third-order valence-corrected chi connectivity index (χ3v) is 5.76. The zero-order chi connectivity index (χ0) is 14.1. The summed E-state index contributed by atoms with van der Waals surface area (Å²) in [7, 11) is 0. The smallest absolute Gasteiger partial charge is 0.0862 e. The second-order valence-electron chi connectivity index (χ2n) is 7.94. The number of nitrogens with zero attached hydrogens (tertiary/aromatic N) is 1. The van der Waals surface area contributed by atoms with E-state index in [2.05, 4.69) is 26.8 Å². The maximum Gasteiger partial charge on any atom is 0.0862 e. The van der Waals surface area contributed by atoms with E-state index < -0.39 is 11.0 Å². The van der Waals surface area contributed by atoms with Crippen LogP contribution in [0, 0.1) is 28.1 Å². The van der Waals surface area contributed by atoms with Crippen LogP contribution in [0.3, 0.4) is 0 Å². The molecule has 0 radical (unpaired) electrons. The Balaban J connectivity index is 2.24. The number of rotatable bonds is 1. The highest BCUT2D eigenvalue weighted by molar-refractivity contribution is 5.14. The van der Waals surface area contributed by atoms with E-state index in [1.54, 1.807) is 0 Å². The molecule has 2 saturated carbocycles. The Kier molecular flexibility index (Phi) is 3.98. The fourth-order valence-electron chi connectivity index (χ4n) is 4.31. The molecule has 1 N–H and O–H groups in total. The van der Waals surface area contributed by atoms with E-state index >= 15 is 0 Å². The van der Waals surface area contributed by atoms with Gasteiger partial charge in [0.25, 0.3) is 0 Å². The van der Waals surface area contributed by atoms with Crippen molar-refractivity contribution in [2.75, 3.05) is 0 Å². The largest absolute Gasteiger partial charge is 0.388 e. The van der Waals surface area contributed by atoms with Crippen molar-refractivity contribution in [1.29, 1.82) is 5.26 Å². The van der Waals surface area contributed by atoms with Gasteiger partial charge in [0.2, 0.25) is 0 Å². The average molecular weight is 263 g/mol. The molecule has 2 nitrogen and oxygen atoms in total. The SMILES string of the molecule is CC1CCCC(C#N)(C2(O)CCCC(C)(C)CC2)C1. The summed E-state index contributed by atoms with van der Waals surface area (Å²) in [6.45, 7) is 6.82. The number of hydrogen-bond donors (Lipinski definition) is 1. The van der Waals surface area contributed by atoms with E-state index in [0.29, 0.717) is 11.3 Å². The summed E-state index contributed by atoms with van der Waals surface area (Å²) in [5.74, 6) is 0.577. The fraction of sp³-hybridized carbons (Fsp3) is 0.941. The molecule has 108 valence electrons. The highest BCUT2D eigenvalue weighted by Crippen LogP contribution is 2.53. The van der Waals surface area contributed by atoms with Crippen molar-refractivity contribution in [3.8, 4) is 6.07 Å². The van der Waals surface area contributed by atoms with E-state index in [0.717, 1.165) is 44.9 Å². The van der Waals surface area contributed by atoms with Crippen LogP contribution >= 0.6 is 0 Å². The van der Waals surface area contributed by atoms with Crippen LogP contribution in [-0.4, -0.2) is 10.7 Å². The third kappa shape index (κ3) is 2.82. The lowest BCUT2D eigenvalue weighted by atomic mass is 9.59. The van der Waals surface area contributed by atoms with Gasteiger partial charge in [0.05, 0.1) is 17.1 Å². The first-order chi connectivity index (χ1) is 8.83. The molecule has 0 bridgehead atoms. The van der Waals surface area contributed by atoms with Crippen molar-refractivity contribution in [1.82, 2.24) is 0 Å². The van der Waals surface area contributed by atoms with Crippen LogP contribution < -0.4 is 0 Å². The molecule has 3 unspecified atom stereocenters. The minimum absolute atomic E-state index is 0.321. The van der Waals surface area contributed by atoms with Gasteiger partial charge in [-0.25, -0.2) is 0 Å². The first-order valence-corrected chi connectivity index (χ1v) is 7.96. The predicted octanol–water partition coefficient (Wildman–Crippen LogP) is 4.43. The summed E-state index contributed by atoms with van der Waals surface area (Å²) < 4.78 is 0. The minimum Gasteiger partial charge on any atom is -0.388 e. The second kappa shape index (κ2) is 5.09. The summed E-state index contributed by atoms with van der Waals surface area (Å²) in [5.41, 5.74) is -0.906. The molecule has 2 rings (SSSR count). The Morgan fingerprint density at radius 1 is 1.05 bits per heavy atom. The van der Waals surface area contributed by atoms with E-state index in [9.17, 15) is 10.4 Å². The van der Waals surface area contributed by atoms with Crippen LogP contribution in [0.15, 0.2) is 0 Å². The standard InChI is InChI=1S/C17H29NO/c1-14-6-4-8-16(12-14,13-18)17(19)9-5-7-15(2,3)10-11-17/h14,19H,4-12H2,1-3H3. The van der Waals surface area contributed by atoms with Crippen molar-refractivity contribution in [2.45, 2.75) is 84.2 Å². The number of nitriles is 1.